The van der Waals surface area contributed by atoms with Gasteiger partial charge in [0.15, 0.2) is 0 Å². The molecule has 0 radical (unpaired) electrons. The monoisotopic (exact) mass is 256 g/mol. The lowest BCUT2D eigenvalue weighted by Crippen LogP contribution is -1.99. The molecule has 0 heterocycles. The lowest BCUT2D eigenvalue weighted by atomic mass is 9.93. The fourth-order valence-corrected chi connectivity index (χ4v) is 2.43. The molecule has 2 aromatic rings. The van der Waals surface area contributed by atoms with Crippen LogP contribution in [0.2, 0.25) is 0 Å². The first-order valence-electron chi connectivity index (χ1n) is 6.55. The van der Waals surface area contributed by atoms with Crippen molar-refractivity contribution in [3.8, 4) is 11.5 Å². The Kier molecular flexibility index (Phi) is 3.79. The minimum atomic E-state index is 0.200. The third-order valence-corrected chi connectivity index (χ3v) is 3.81. The molecule has 0 aliphatic rings. The largest absolute Gasteiger partial charge is 0.508 e. The standard InChI is InChI=1S/C17H20O2/c1-11-4-5-12(2)16(13(11)3)8-6-14-10-15(18)7-9-17(14)19/h4-5,7,9-10,18-19H,6,8H2,1-3H3. The second-order valence-corrected chi connectivity index (χ2v) is 5.12. The molecule has 2 nitrogen and oxygen atoms in total. The predicted molar refractivity (Wildman–Crippen MR) is 77.8 cm³/mol. The van der Waals surface area contributed by atoms with Crippen molar-refractivity contribution in [1.82, 2.24) is 0 Å². The Bertz CT molecular complexity index is 600. The Hall–Kier alpha value is -1.96. The van der Waals surface area contributed by atoms with Gasteiger partial charge in [-0.15, -0.1) is 0 Å². The van der Waals surface area contributed by atoms with E-state index < -0.39 is 0 Å². The molecule has 2 N–H and O–H groups in total. The van der Waals surface area contributed by atoms with E-state index in [9.17, 15) is 10.2 Å². The van der Waals surface area contributed by atoms with E-state index in [4.69, 9.17) is 0 Å². The summed E-state index contributed by atoms with van der Waals surface area (Å²) in [7, 11) is 0. The lowest BCUT2D eigenvalue weighted by molar-refractivity contribution is 0.454. The molecule has 2 rings (SSSR count). The molecular weight excluding hydrogens is 236 g/mol. The lowest BCUT2D eigenvalue weighted by Gasteiger charge is -2.13. The average molecular weight is 256 g/mol. The molecule has 0 atom stereocenters. The topological polar surface area (TPSA) is 40.5 Å². The number of benzene rings is 2. The van der Waals surface area contributed by atoms with Crippen LogP contribution in [0.3, 0.4) is 0 Å². The second-order valence-electron chi connectivity index (χ2n) is 5.12. The Morgan fingerprint density at radius 3 is 2.26 bits per heavy atom. The summed E-state index contributed by atoms with van der Waals surface area (Å²) >= 11 is 0. The Balaban J connectivity index is 2.24. The summed E-state index contributed by atoms with van der Waals surface area (Å²) in [6.45, 7) is 6.37. The smallest absolute Gasteiger partial charge is 0.119 e. The van der Waals surface area contributed by atoms with Crippen molar-refractivity contribution in [2.45, 2.75) is 33.6 Å². The SMILES string of the molecule is Cc1ccc(C)c(CCc2cc(O)ccc2O)c1C. The van der Waals surface area contributed by atoms with Gasteiger partial charge in [0.1, 0.15) is 11.5 Å². The van der Waals surface area contributed by atoms with Gasteiger partial charge in [0.2, 0.25) is 0 Å². The van der Waals surface area contributed by atoms with Crippen LogP contribution >= 0.6 is 0 Å². The van der Waals surface area contributed by atoms with Crippen LogP contribution in [0.5, 0.6) is 11.5 Å². The highest BCUT2D eigenvalue weighted by molar-refractivity contribution is 5.42. The van der Waals surface area contributed by atoms with Crippen LogP contribution in [0.1, 0.15) is 27.8 Å². The summed E-state index contributed by atoms with van der Waals surface area (Å²) in [5.74, 6) is 0.450. The summed E-state index contributed by atoms with van der Waals surface area (Å²) in [6.07, 6.45) is 1.60. The van der Waals surface area contributed by atoms with E-state index in [0.29, 0.717) is 0 Å². The van der Waals surface area contributed by atoms with Gasteiger partial charge in [0.25, 0.3) is 0 Å². The van der Waals surface area contributed by atoms with Crippen LogP contribution in [-0.2, 0) is 12.8 Å². The highest BCUT2D eigenvalue weighted by atomic mass is 16.3. The molecule has 0 saturated heterocycles. The molecular formula is C17H20O2. The summed E-state index contributed by atoms with van der Waals surface area (Å²) in [5.41, 5.74) is 6.02. The van der Waals surface area contributed by atoms with Crippen LogP contribution in [0.25, 0.3) is 0 Å². The second kappa shape index (κ2) is 5.35. The molecule has 0 unspecified atom stereocenters. The molecule has 2 heteroatoms. The summed E-state index contributed by atoms with van der Waals surface area (Å²) < 4.78 is 0. The van der Waals surface area contributed by atoms with Crippen molar-refractivity contribution in [2.24, 2.45) is 0 Å². The van der Waals surface area contributed by atoms with Crippen molar-refractivity contribution in [2.75, 3.05) is 0 Å². The number of aryl methyl sites for hydroxylation is 3. The van der Waals surface area contributed by atoms with Crippen molar-refractivity contribution < 1.29 is 10.2 Å². The van der Waals surface area contributed by atoms with Crippen molar-refractivity contribution in [1.29, 1.82) is 0 Å². The fourth-order valence-electron chi connectivity index (χ4n) is 2.43. The van der Waals surface area contributed by atoms with Gasteiger partial charge in [-0.3, -0.25) is 0 Å². The van der Waals surface area contributed by atoms with Crippen LogP contribution in [-0.4, -0.2) is 10.2 Å². The van der Waals surface area contributed by atoms with Gasteiger partial charge in [-0.1, -0.05) is 12.1 Å². The normalized spacial score (nSPS) is 10.7. The fraction of sp³-hybridized carbons (Fsp3) is 0.294. The Morgan fingerprint density at radius 2 is 1.53 bits per heavy atom. The molecule has 0 amide bonds. The number of hydrogen-bond acceptors (Lipinski definition) is 2. The molecule has 0 aliphatic heterocycles. The number of rotatable bonds is 3. The first-order valence-corrected chi connectivity index (χ1v) is 6.55. The summed E-state index contributed by atoms with van der Waals surface area (Å²) in [5, 5.41) is 19.3. The molecule has 19 heavy (non-hydrogen) atoms. The van der Waals surface area contributed by atoms with Crippen LogP contribution in [0.4, 0.5) is 0 Å². The Morgan fingerprint density at radius 1 is 0.842 bits per heavy atom. The zero-order valence-electron chi connectivity index (χ0n) is 11.7. The van der Waals surface area contributed by atoms with Crippen LogP contribution in [0.15, 0.2) is 30.3 Å². The maximum absolute atomic E-state index is 9.80. The minimum Gasteiger partial charge on any atom is -0.508 e. The van der Waals surface area contributed by atoms with Gasteiger partial charge in [0, 0.05) is 0 Å². The molecule has 0 fully saturated rings. The first kappa shape index (κ1) is 13.5. The van der Waals surface area contributed by atoms with Gasteiger partial charge < -0.3 is 10.2 Å². The zero-order chi connectivity index (χ0) is 14.0. The minimum absolute atomic E-state index is 0.200. The van der Waals surface area contributed by atoms with Gasteiger partial charge in [-0.25, -0.2) is 0 Å². The maximum Gasteiger partial charge on any atom is 0.119 e. The van der Waals surface area contributed by atoms with E-state index >= 15 is 0 Å². The number of hydrogen-bond donors (Lipinski definition) is 2. The molecule has 0 aliphatic carbocycles. The van der Waals surface area contributed by atoms with Gasteiger partial charge in [0.05, 0.1) is 0 Å². The third kappa shape index (κ3) is 2.90. The highest BCUT2D eigenvalue weighted by Gasteiger charge is 2.08. The van der Waals surface area contributed by atoms with Gasteiger partial charge in [-0.2, -0.15) is 0 Å². The van der Waals surface area contributed by atoms with Gasteiger partial charge in [-0.05, 0) is 79.6 Å². The van der Waals surface area contributed by atoms with Crippen molar-refractivity contribution >= 4 is 0 Å². The predicted octanol–water partition coefficient (Wildman–Crippen LogP) is 3.81. The zero-order valence-corrected chi connectivity index (χ0v) is 11.7. The number of phenolic OH excluding ortho intramolecular Hbond substituents is 2. The molecule has 0 saturated carbocycles. The quantitative estimate of drug-likeness (QED) is 0.820. The molecule has 0 aromatic heterocycles. The molecule has 100 valence electrons. The first-order chi connectivity index (χ1) is 8.99. The van der Waals surface area contributed by atoms with Crippen molar-refractivity contribution in [3.05, 3.63) is 58.1 Å². The van der Waals surface area contributed by atoms with E-state index in [0.717, 1.165) is 18.4 Å². The summed E-state index contributed by atoms with van der Waals surface area (Å²) in [4.78, 5) is 0. The number of aromatic hydroxyl groups is 2. The Labute approximate surface area is 114 Å². The average Bonchev–Trinajstić information content (AvgIpc) is 2.38. The summed E-state index contributed by atoms with van der Waals surface area (Å²) in [6, 6.07) is 8.96. The van der Waals surface area contributed by atoms with Crippen LogP contribution < -0.4 is 0 Å². The molecule has 2 aromatic carbocycles. The molecule has 0 bridgehead atoms. The van der Waals surface area contributed by atoms with E-state index in [1.54, 1.807) is 12.1 Å². The van der Waals surface area contributed by atoms with Crippen molar-refractivity contribution in [3.63, 3.8) is 0 Å². The van der Waals surface area contributed by atoms with E-state index in [2.05, 4.69) is 32.9 Å². The van der Waals surface area contributed by atoms with E-state index in [1.807, 2.05) is 0 Å². The molecule has 0 spiro atoms. The van der Waals surface area contributed by atoms with E-state index in [-0.39, 0.29) is 11.5 Å². The van der Waals surface area contributed by atoms with E-state index in [1.165, 1.54) is 28.3 Å². The maximum atomic E-state index is 9.80. The van der Waals surface area contributed by atoms with Gasteiger partial charge >= 0.3 is 0 Å². The highest BCUT2D eigenvalue weighted by Crippen LogP contribution is 2.25. The number of phenols is 2. The third-order valence-electron chi connectivity index (χ3n) is 3.81. The van der Waals surface area contributed by atoms with Crippen LogP contribution in [0, 0.1) is 20.8 Å².